The van der Waals surface area contributed by atoms with E-state index in [4.69, 9.17) is 5.11 Å². The second kappa shape index (κ2) is 8.02. The monoisotopic (exact) mass is 190 g/mol. The summed E-state index contributed by atoms with van der Waals surface area (Å²) in [6.45, 7) is 2.13. The molecule has 0 heterocycles. The Morgan fingerprint density at radius 3 is 2.46 bits per heavy atom. The molecule has 0 saturated heterocycles. The molecule has 13 heavy (non-hydrogen) atoms. The normalized spacial score (nSPS) is 12.8. The maximum Gasteiger partial charge on any atom is 0.306 e. The molecule has 0 aliphatic rings. The summed E-state index contributed by atoms with van der Waals surface area (Å²) >= 11 is 0. The Bertz CT molecular complexity index is 137. The molecule has 1 atom stereocenters. The van der Waals surface area contributed by atoms with Crippen LogP contribution in [0, 0.1) is 0 Å². The second-order valence-electron chi connectivity index (χ2n) is 3.40. The summed E-state index contributed by atoms with van der Waals surface area (Å²) in [5.74, 6) is -1.04. The van der Waals surface area contributed by atoms with Gasteiger partial charge >= 0.3 is 5.97 Å². The molecular formula is C10H19FO2. The van der Waals surface area contributed by atoms with Gasteiger partial charge in [0.05, 0.1) is 6.42 Å². The first-order valence-corrected chi connectivity index (χ1v) is 5.02. The van der Waals surface area contributed by atoms with Gasteiger partial charge in [0.15, 0.2) is 0 Å². The molecule has 0 rings (SSSR count). The molecule has 0 aromatic heterocycles. The number of rotatable bonds is 8. The van der Waals surface area contributed by atoms with E-state index < -0.39 is 12.1 Å². The van der Waals surface area contributed by atoms with E-state index in [1.165, 1.54) is 12.8 Å². The number of hydrogen-bond donors (Lipinski definition) is 1. The lowest BCUT2D eigenvalue weighted by atomic mass is 10.1. The summed E-state index contributed by atoms with van der Waals surface area (Å²) in [4.78, 5) is 10.1. The Hall–Kier alpha value is -0.600. The van der Waals surface area contributed by atoms with Gasteiger partial charge in [0, 0.05) is 0 Å². The number of alkyl halides is 1. The largest absolute Gasteiger partial charge is 0.481 e. The standard InChI is InChI=1S/C10H19FO2/c1-2-3-4-5-6-7-9(11)8-10(12)13/h9H,2-8H2,1H3,(H,12,13)/t9-/m1/s1. The van der Waals surface area contributed by atoms with E-state index in [9.17, 15) is 9.18 Å². The highest BCUT2D eigenvalue weighted by molar-refractivity contribution is 5.67. The summed E-state index contributed by atoms with van der Waals surface area (Å²) in [6, 6.07) is 0. The fourth-order valence-corrected chi connectivity index (χ4v) is 1.26. The van der Waals surface area contributed by atoms with E-state index >= 15 is 0 Å². The quantitative estimate of drug-likeness (QED) is 0.597. The molecule has 0 unspecified atom stereocenters. The van der Waals surface area contributed by atoms with Crippen LogP contribution in [0.15, 0.2) is 0 Å². The van der Waals surface area contributed by atoms with E-state index in [0.29, 0.717) is 6.42 Å². The topological polar surface area (TPSA) is 37.3 Å². The van der Waals surface area contributed by atoms with Gasteiger partial charge in [0.2, 0.25) is 0 Å². The second-order valence-corrected chi connectivity index (χ2v) is 3.40. The van der Waals surface area contributed by atoms with Crippen molar-refractivity contribution in [1.29, 1.82) is 0 Å². The van der Waals surface area contributed by atoms with Gasteiger partial charge in [-0.3, -0.25) is 4.79 Å². The van der Waals surface area contributed by atoms with Crippen LogP contribution >= 0.6 is 0 Å². The van der Waals surface area contributed by atoms with Crippen LogP contribution in [0.2, 0.25) is 0 Å². The van der Waals surface area contributed by atoms with Crippen LogP contribution in [-0.4, -0.2) is 17.2 Å². The minimum absolute atomic E-state index is 0.340. The van der Waals surface area contributed by atoms with Crippen molar-refractivity contribution in [3.63, 3.8) is 0 Å². The third-order valence-corrected chi connectivity index (χ3v) is 2.02. The molecule has 0 radical (unpaired) electrons. The lowest BCUT2D eigenvalue weighted by Gasteiger charge is -2.04. The summed E-state index contributed by atoms with van der Waals surface area (Å²) in [5.41, 5.74) is 0. The van der Waals surface area contributed by atoms with E-state index in [0.717, 1.165) is 19.3 Å². The average Bonchev–Trinajstić information content (AvgIpc) is 2.02. The predicted octanol–water partition coefficient (Wildman–Crippen LogP) is 3.16. The molecule has 0 aromatic carbocycles. The molecule has 3 heteroatoms. The maximum absolute atomic E-state index is 12.8. The molecule has 0 spiro atoms. The molecule has 0 amide bonds. The molecule has 0 aromatic rings. The molecule has 0 fully saturated rings. The summed E-state index contributed by atoms with van der Waals surface area (Å²) < 4.78 is 12.8. The average molecular weight is 190 g/mol. The number of carboxylic acid groups (broad SMARTS) is 1. The third-order valence-electron chi connectivity index (χ3n) is 2.02. The van der Waals surface area contributed by atoms with Crippen molar-refractivity contribution in [1.82, 2.24) is 0 Å². The first-order chi connectivity index (χ1) is 6.16. The zero-order chi connectivity index (χ0) is 10.1. The minimum atomic E-state index is -1.15. The number of hydrogen-bond acceptors (Lipinski definition) is 1. The Kier molecular flexibility index (Phi) is 7.65. The smallest absolute Gasteiger partial charge is 0.306 e. The molecule has 1 N–H and O–H groups in total. The summed E-state index contributed by atoms with van der Waals surface area (Å²) in [7, 11) is 0. The molecular weight excluding hydrogens is 171 g/mol. The fraction of sp³-hybridized carbons (Fsp3) is 0.900. The number of unbranched alkanes of at least 4 members (excludes halogenated alkanes) is 4. The molecule has 78 valence electrons. The van der Waals surface area contributed by atoms with Crippen molar-refractivity contribution in [2.75, 3.05) is 0 Å². The van der Waals surface area contributed by atoms with E-state index in [1.54, 1.807) is 0 Å². The van der Waals surface area contributed by atoms with Gasteiger partial charge in [-0.2, -0.15) is 0 Å². The Morgan fingerprint density at radius 2 is 1.92 bits per heavy atom. The van der Waals surface area contributed by atoms with Crippen LogP contribution < -0.4 is 0 Å². The van der Waals surface area contributed by atoms with Crippen molar-refractivity contribution in [2.24, 2.45) is 0 Å². The minimum Gasteiger partial charge on any atom is -0.481 e. The van der Waals surface area contributed by atoms with Gasteiger partial charge < -0.3 is 5.11 Å². The van der Waals surface area contributed by atoms with Crippen molar-refractivity contribution < 1.29 is 14.3 Å². The van der Waals surface area contributed by atoms with Crippen molar-refractivity contribution in [3.8, 4) is 0 Å². The van der Waals surface area contributed by atoms with Crippen LogP contribution in [0.4, 0.5) is 4.39 Å². The zero-order valence-electron chi connectivity index (χ0n) is 8.26. The fourth-order valence-electron chi connectivity index (χ4n) is 1.26. The summed E-state index contributed by atoms with van der Waals surface area (Å²) in [6.07, 6.45) is 4.24. The highest BCUT2D eigenvalue weighted by atomic mass is 19.1. The molecule has 0 saturated carbocycles. The molecule has 2 nitrogen and oxygen atoms in total. The number of carbonyl (C=O) groups is 1. The number of aliphatic carboxylic acids is 1. The highest BCUT2D eigenvalue weighted by Gasteiger charge is 2.10. The van der Waals surface area contributed by atoms with Gasteiger partial charge in [-0.15, -0.1) is 0 Å². The Labute approximate surface area is 79.1 Å². The summed E-state index contributed by atoms with van der Waals surface area (Å²) in [5, 5.41) is 8.28. The van der Waals surface area contributed by atoms with Crippen LogP contribution in [0.1, 0.15) is 51.9 Å². The SMILES string of the molecule is CCCCCCC[C@@H](F)CC(=O)O. The lowest BCUT2D eigenvalue weighted by Crippen LogP contribution is -2.07. The molecule has 0 aliphatic heterocycles. The van der Waals surface area contributed by atoms with Crippen LogP contribution in [0.25, 0.3) is 0 Å². The number of carboxylic acids is 1. The maximum atomic E-state index is 12.8. The lowest BCUT2D eigenvalue weighted by molar-refractivity contribution is -0.138. The Morgan fingerprint density at radius 1 is 1.31 bits per heavy atom. The molecule has 0 aliphatic carbocycles. The van der Waals surface area contributed by atoms with Crippen molar-refractivity contribution >= 4 is 5.97 Å². The van der Waals surface area contributed by atoms with Crippen molar-refractivity contribution in [3.05, 3.63) is 0 Å². The Balaban J connectivity index is 3.17. The number of halogens is 1. The molecule has 0 bridgehead atoms. The van der Waals surface area contributed by atoms with Crippen molar-refractivity contribution in [2.45, 2.75) is 58.0 Å². The van der Waals surface area contributed by atoms with Crippen LogP contribution in [0.3, 0.4) is 0 Å². The first kappa shape index (κ1) is 12.4. The van der Waals surface area contributed by atoms with Crippen LogP contribution in [-0.2, 0) is 4.79 Å². The third kappa shape index (κ3) is 9.31. The highest BCUT2D eigenvalue weighted by Crippen LogP contribution is 2.11. The zero-order valence-corrected chi connectivity index (χ0v) is 8.26. The van der Waals surface area contributed by atoms with E-state index in [2.05, 4.69) is 6.92 Å². The van der Waals surface area contributed by atoms with Gasteiger partial charge in [-0.25, -0.2) is 4.39 Å². The van der Waals surface area contributed by atoms with Gasteiger partial charge in [0.25, 0.3) is 0 Å². The van der Waals surface area contributed by atoms with Gasteiger partial charge in [-0.05, 0) is 6.42 Å². The van der Waals surface area contributed by atoms with Crippen LogP contribution in [0.5, 0.6) is 0 Å². The predicted molar refractivity (Wildman–Crippen MR) is 50.5 cm³/mol. The van der Waals surface area contributed by atoms with E-state index in [1.807, 2.05) is 0 Å². The van der Waals surface area contributed by atoms with Gasteiger partial charge in [0.1, 0.15) is 6.17 Å². The van der Waals surface area contributed by atoms with E-state index in [-0.39, 0.29) is 6.42 Å². The first-order valence-electron chi connectivity index (χ1n) is 5.02. The van der Waals surface area contributed by atoms with Gasteiger partial charge in [-0.1, -0.05) is 39.0 Å².